The van der Waals surface area contributed by atoms with Gasteiger partial charge in [-0.15, -0.1) is 0 Å². The minimum atomic E-state index is -1.80. The van der Waals surface area contributed by atoms with E-state index < -0.39 is 86.8 Å². The van der Waals surface area contributed by atoms with Crippen molar-refractivity contribution >= 4 is 5.91 Å². The number of nitrogens with one attached hydrogen (secondary N) is 1. The zero-order valence-corrected chi connectivity index (χ0v) is 58.2. The average Bonchev–Trinajstić information content (AvgIpc) is 0.854. The van der Waals surface area contributed by atoms with E-state index in [-0.39, 0.29) is 18.9 Å². The number of allylic oxidation sites excluding steroid dienone is 19. The molecule has 2 saturated heterocycles. The van der Waals surface area contributed by atoms with Gasteiger partial charge >= 0.3 is 0 Å². The second kappa shape index (κ2) is 61.9. The maximum Gasteiger partial charge on any atom is 0.220 e. The highest BCUT2D eigenvalue weighted by molar-refractivity contribution is 5.76. The summed E-state index contributed by atoms with van der Waals surface area (Å²) < 4.78 is 22.8. The van der Waals surface area contributed by atoms with Crippen LogP contribution >= 0.6 is 0 Å². The number of hydrogen-bond donors (Lipinski definition) is 9. The summed E-state index contributed by atoms with van der Waals surface area (Å²) in [5, 5.41) is 87.4. The van der Waals surface area contributed by atoms with Gasteiger partial charge in [-0.1, -0.05) is 289 Å². The molecule has 2 aliphatic heterocycles. The molecule has 2 rings (SSSR count). The highest BCUT2D eigenvalue weighted by Crippen LogP contribution is 2.30. The van der Waals surface area contributed by atoms with Gasteiger partial charge in [0.1, 0.15) is 48.8 Å². The van der Waals surface area contributed by atoms with Crippen LogP contribution in [0.2, 0.25) is 0 Å². The molecule has 12 atom stereocenters. The highest BCUT2D eigenvalue weighted by Gasteiger charge is 2.51. The van der Waals surface area contributed by atoms with Crippen molar-refractivity contribution in [2.24, 2.45) is 0 Å². The van der Waals surface area contributed by atoms with E-state index in [1.54, 1.807) is 6.08 Å². The van der Waals surface area contributed by atoms with Gasteiger partial charge in [-0.3, -0.25) is 4.79 Å². The Balaban J connectivity index is 1.62. The van der Waals surface area contributed by atoms with Crippen LogP contribution in [-0.2, 0) is 23.7 Å². The van der Waals surface area contributed by atoms with Crippen molar-refractivity contribution in [2.45, 2.75) is 351 Å². The van der Waals surface area contributed by atoms with Crippen molar-refractivity contribution in [1.29, 1.82) is 0 Å². The zero-order chi connectivity index (χ0) is 67.3. The van der Waals surface area contributed by atoms with Gasteiger partial charge in [0.15, 0.2) is 12.6 Å². The monoisotopic (exact) mass is 1310 g/mol. The summed E-state index contributed by atoms with van der Waals surface area (Å²) in [6.45, 7) is 2.67. The van der Waals surface area contributed by atoms with E-state index in [4.69, 9.17) is 18.9 Å². The Bertz CT molecular complexity index is 2030. The predicted octanol–water partition coefficient (Wildman–Crippen LogP) is 16.1. The molecule has 0 bridgehead atoms. The van der Waals surface area contributed by atoms with E-state index in [9.17, 15) is 45.6 Å². The SMILES string of the molecule is CC/C=C\C/C=C\C/C=C\C/C=C\C/C=C\C/C=C\C/C=C\CCCCCCCCCCCCCCCCCCCC(=O)NC(COC1OC(CO)C(OC2OC(CO)C(O)C(O)C2O)C(O)C1O)C(O)/C=C/CC/C=C/CC/C=C/CCCCCCCCCCCC. The molecule has 534 valence electrons. The fraction of sp³-hybridized carbons (Fsp3) is 0.734. The van der Waals surface area contributed by atoms with Gasteiger partial charge in [0.25, 0.3) is 0 Å². The molecule has 14 heteroatoms. The largest absolute Gasteiger partial charge is 0.394 e. The number of ether oxygens (including phenoxy) is 4. The van der Waals surface area contributed by atoms with Crippen LogP contribution in [-0.4, -0.2) is 140 Å². The van der Waals surface area contributed by atoms with Crippen molar-refractivity contribution in [3.63, 3.8) is 0 Å². The molecule has 0 aliphatic carbocycles. The Morgan fingerprint density at radius 3 is 1.18 bits per heavy atom. The molecular weight excluding hydrogens is 1170 g/mol. The number of unbranched alkanes of at least 4 members (excludes halogenated alkanes) is 29. The van der Waals surface area contributed by atoms with Gasteiger partial charge < -0.3 is 65.1 Å². The van der Waals surface area contributed by atoms with Crippen molar-refractivity contribution < 1.29 is 64.6 Å². The molecule has 0 radical (unpaired) electrons. The molecule has 0 spiro atoms. The lowest BCUT2D eigenvalue weighted by molar-refractivity contribution is -0.359. The first-order chi connectivity index (χ1) is 45.6. The molecule has 9 N–H and O–H groups in total. The molecule has 14 nitrogen and oxygen atoms in total. The van der Waals surface area contributed by atoms with Crippen LogP contribution in [0.25, 0.3) is 0 Å². The van der Waals surface area contributed by atoms with Gasteiger partial charge in [0.2, 0.25) is 5.91 Å². The Labute approximate surface area is 565 Å². The first kappa shape index (κ1) is 85.5. The van der Waals surface area contributed by atoms with E-state index in [0.717, 1.165) is 89.9 Å². The predicted molar refractivity (Wildman–Crippen MR) is 382 cm³/mol. The first-order valence-electron chi connectivity index (χ1n) is 37.3. The van der Waals surface area contributed by atoms with Gasteiger partial charge in [-0.2, -0.15) is 0 Å². The van der Waals surface area contributed by atoms with Crippen LogP contribution in [0.4, 0.5) is 0 Å². The molecule has 2 heterocycles. The van der Waals surface area contributed by atoms with Crippen molar-refractivity contribution in [3.8, 4) is 0 Å². The number of amides is 1. The number of carbonyl (C=O) groups is 1. The van der Waals surface area contributed by atoms with E-state index >= 15 is 0 Å². The highest BCUT2D eigenvalue weighted by atomic mass is 16.7. The van der Waals surface area contributed by atoms with E-state index in [1.165, 1.54) is 154 Å². The maximum absolute atomic E-state index is 13.3. The Morgan fingerprint density at radius 1 is 0.398 bits per heavy atom. The lowest BCUT2D eigenvalue weighted by Gasteiger charge is -2.46. The van der Waals surface area contributed by atoms with Gasteiger partial charge in [-0.05, 0) is 103 Å². The van der Waals surface area contributed by atoms with E-state index in [0.29, 0.717) is 12.8 Å². The third-order valence-electron chi connectivity index (χ3n) is 17.4. The average molecular weight is 1310 g/mol. The van der Waals surface area contributed by atoms with Crippen LogP contribution in [0.3, 0.4) is 0 Å². The van der Waals surface area contributed by atoms with Crippen molar-refractivity contribution in [2.75, 3.05) is 19.8 Å². The normalized spacial score (nSPS) is 23.3. The fourth-order valence-corrected chi connectivity index (χ4v) is 11.5. The van der Waals surface area contributed by atoms with E-state index in [1.807, 2.05) is 6.08 Å². The summed E-state index contributed by atoms with van der Waals surface area (Å²) in [5.74, 6) is -0.254. The molecular formula is C79H135NO13. The van der Waals surface area contributed by atoms with E-state index in [2.05, 4.69) is 129 Å². The lowest BCUT2D eigenvalue weighted by Crippen LogP contribution is -2.65. The lowest BCUT2D eigenvalue weighted by atomic mass is 9.97. The quantitative estimate of drug-likeness (QED) is 0.0204. The minimum absolute atomic E-state index is 0.254. The first-order valence-corrected chi connectivity index (χ1v) is 37.3. The van der Waals surface area contributed by atoms with Gasteiger partial charge in [0, 0.05) is 6.42 Å². The third kappa shape index (κ3) is 45.5. The van der Waals surface area contributed by atoms with Crippen LogP contribution < -0.4 is 5.32 Å². The summed E-state index contributed by atoms with van der Waals surface area (Å²) >= 11 is 0. The summed E-state index contributed by atoms with van der Waals surface area (Å²) in [6, 6.07) is -0.945. The van der Waals surface area contributed by atoms with Crippen molar-refractivity contribution in [3.05, 3.63) is 122 Å². The number of carbonyl (C=O) groups excluding carboxylic acids is 1. The number of hydrogen-bond acceptors (Lipinski definition) is 13. The molecule has 2 aliphatic rings. The molecule has 0 aromatic carbocycles. The van der Waals surface area contributed by atoms with Crippen LogP contribution in [0.15, 0.2) is 122 Å². The summed E-state index contributed by atoms with van der Waals surface area (Å²) in [7, 11) is 0. The minimum Gasteiger partial charge on any atom is -0.394 e. The number of aliphatic hydroxyl groups excluding tert-OH is 8. The summed E-state index contributed by atoms with van der Waals surface area (Å²) in [6.07, 6.45) is 74.1. The van der Waals surface area contributed by atoms with Crippen LogP contribution in [0.5, 0.6) is 0 Å². The summed E-state index contributed by atoms with van der Waals surface area (Å²) in [4.78, 5) is 13.3. The Morgan fingerprint density at radius 2 is 0.753 bits per heavy atom. The standard InChI is InChI=1S/C79H135NO13/c1-3-5-7-9-11-13-15-17-19-21-23-25-26-27-28-29-30-31-32-33-34-35-36-37-38-39-40-41-42-43-45-47-49-51-53-55-57-59-61-63-71(84)80-67(68(83)62-60-58-56-54-52-50-48-46-44-24-22-20-18-16-14-12-10-8-6-4-2)66-90-78-76(89)74(87)77(70(65-82)92-78)93-79-75(88)73(86)72(85)69(64-81)91-79/h5,7,11,13,17,19,23,25,27-28,30-31,33-34,44,46,52,54,60,62,67-70,72-79,81-83,85-89H,3-4,6,8-10,12,14-16,18,20-22,24,26,29,32,35-43,45,47-51,53,55-59,61,63-66H2,1-2H3,(H,80,84)/b7-5-,13-11-,19-17-,25-23-,28-27-,31-30-,34-33-,46-44+,54-52+,62-60+. The molecule has 0 aromatic heterocycles. The third-order valence-corrected chi connectivity index (χ3v) is 17.4. The molecule has 0 aromatic rings. The second-order valence-electron chi connectivity index (χ2n) is 25.7. The topological polar surface area (TPSA) is 228 Å². The summed E-state index contributed by atoms with van der Waals surface area (Å²) in [5.41, 5.74) is 0. The Kier molecular flexibility index (Phi) is 56.9. The number of rotatable bonds is 60. The Hall–Kier alpha value is -3.61. The van der Waals surface area contributed by atoms with Crippen LogP contribution in [0, 0.1) is 0 Å². The maximum atomic E-state index is 13.3. The fourth-order valence-electron chi connectivity index (χ4n) is 11.5. The van der Waals surface area contributed by atoms with Crippen LogP contribution in [0.1, 0.15) is 277 Å². The zero-order valence-electron chi connectivity index (χ0n) is 58.2. The van der Waals surface area contributed by atoms with Gasteiger partial charge in [0.05, 0.1) is 32.0 Å². The molecule has 1 amide bonds. The van der Waals surface area contributed by atoms with Crippen molar-refractivity contribution in [1.82, 2.24) is 5.32 Å². The molecule has 93 heavy (non-hydrogen) atoms. The smallest absolute Gasteiger partial charge is 0.220 e. The number of aliphatic hydroxyl groups is 8. The second-order valence-corrected chi connectivity index (χ2v) is 25.7. The van der Waals surface area contributed by atoms with Gasteiger partial charge in [-0.25, -0.2) is 0 Å². The molecule has 12 unspecified atom stereocenters. The molecule has 0 saturated carbocycles. The molecule has 2 fully saturated rings.